The second-order valence-corrected chi connectivity index (χ2v) is 9.73. The third-order valence-corrected chi connectivity index (χ3v) is 6.88. The molecule has 1 aliphatic rings. The van der Waals surface area contributed by atoms with Gasteiger partial charge in [-0.05, 0) is 35.6 Å². The molecule has 1 saturated heterocycles. The first-order valence-electron chi connectivity index (χ1n) is 11.8. The van der Waals surface area contributed by atoms with Gasteiger partial charge in [0.2, 0.25) is 0 Å². The number of nitrogens with one attached hydrogen (secondary N) is 1. The molecule has 0 saturated carbocycles. The molecule has 2 aromatic heterocycles. The van der Waals surface area contributed by atoms with Gasteiger partial charge in [-0.3, -0.25) is 14.6 Å². The van der Waals surface area contributed by atoms with Gasteiger partial charge in [-0.2, -0.15) is 0 Å². The van der Waals surface area contributed by atoms with Crippen molar-refractivity contribution in [2.24, 2.45) is 11.7 Å². The lowest BCUT2D eigenvalue weighted by atomic mass is 9.92. The number of piperidine rings is 1. The van der Waals surface area contributed by atoms with Crippen LogP contribution in [-0.2, 0) is 0 Å². The third kappa shape index (κ3) is 5.51. The number of hydrogen-bond acceptors (Lipinski definition) is 7. The summed E-state index contributed by atoms with van der Waals surface area (Å²) in [7, 11) is 2.29. The molecule has 4 atom stereocenters. The zero-order chi connectivity index (χ0) is 26.9. The molecule has 4 unspecified atom stereocenters. The van der Waals surface area contributed by atoms with E-state index in [1.165, 1.54) is 18.3 Å². The number of aromatic nitrogens is 2. The Hall–Kier alpha value is -3.33. The van der Waals surface area contributed by atoms with Crippen molar-refractivity contribution in [2.75, 3.05) is 23.3 Å². The third-order valence-electron chi connectivity index (χ3n) is 6.43. The minimum atomic E-state index is -0.819. The summed E-state index contributed by atoms with van der Waals surface area (Å²) in [6.45, 7) is 4.46. The number of pyridine rings is 2. The van der Waals surface area contributed by atoms with E-state index >= 15 is 0 Å². The number of halogens is 2. The van der Waals surface area contributed by atoms with Crippen molar-refractivity contribution in [3.05, 3.63) is 65.6 Å². The second-order valence-electron chi connectivity index (χ2n) is 9.11. The Labute approximate surface area is 215 Å². The van der Waals surface area contributed by atoms with E-state index in [2.05, 4.69) is 24.5 Å². The van der Waals surface area contributed by atoms with Crippen molar-refractivity contribution in [2.45, 2.75) is 32.4 Å². The van der Waals surface area contributed by atoms with Crippen molar-refractivity contribution in [1.29, 1.82) is 0 Å². The number of ketones is 1. The average molecular weight is 528 g/mol. The molecule has 37 heavy (non-hydrogen) atoms. The highest BCUT2D eigenvalue weighted by Crippen LogP contribution is 2.30. The zero-order valence-corrected chi connectivity index (χ0v) is 21.6. The molecule has 4 N–H and O–H groups in total. The van der Waals surface area contributed by atoms with Gasteiger partial charge >= 0.3 is 0 Å². The number of carbonyl (C=O) groups excluding carboxylic acids is 2. The number of carbonyl (C=O) groups is 2. The van der Waals surface area contributed by atoms with Crippen molar-refractivity contribution in [3.63, 3.8) is 0 Å². The molecular weight excluding hydrogens is 499 g/mol. The van der Waals surface area contributed by atoms with Crippen molar-refractivity contribution in [3.8, 4) is 11.3 Å². The van der Waals surface area contributed by atoms with Crippen molar-refractivity contribution in [1.82, 2.24) is 9.97 Å². The average Bonchev–Trinajstić information content (AvgIpc) is 2.87. The van der Waals surface area contributed by atoms with Crippen LogP contribution >= 0.6 is 9.24 Å². The molecule has 1 aliphatic heterocycles. The van der Waals surface area contributed by atoms with Crippen LogP contribution in [-0.4, -0.2) is 52.0 Å². The van der Waals surface area contributed by atoms with Crippen LogP contribution in [0.4, 0.5) is 20.2 Å². The van der Waals surface area contributed by atoms with Crippen LogP contribution in [0.5, 0.6) is 0 Å². The first kappa shape index (κ1) is 26.7. The highest BCUT2D eigenvalue weighted by Gasteiger charge is 2.32. The second kappa shape index (κ2) is 11.0. The maximum Gasteiger partial charge on any atom is 0.274 e. The number of Topliss-reactive ketones (excluding diaryl/α,β-unsaturated/α-hetero) is 1. The molecule has 1 fully saturated rings. The molecule has 1 amide bonds. The summed E-state index contributed by atoms with van der Waals surface area (Å²) < 4.78 is 29.7. The first-order valence-corrected chi connectivity index (χ1v) is 12.4. The Morgan fingerprint density at radius 1 is 1.22 bits per heavy atom. The fourth-order valence-corrected chi connectivity index (χ4v) is 4.90. The zero-order valence-electron chi connectivity index (χ0n) is 20.4. The molecule has 0 spiro atoms. The van der Waals surface area contributed by atoms with E-state index in [1.54, 1.807) is 19.2 Å². The number of hydrogen-bond donors (Lipinski definition) is 3. The Balaban J connectivity index is 1.64. The highest BCUT2D eigenvalue weighted by molar-refractivity contribution is 7.28. The smallest absolute Gasteiger partial charge is 0.274 e. The maximum absolute atomic E-state index is 15.0. The Bertz CT molecular complexity index is 1320. The van der Waals surface area contributed by atoms with Gasteiger partial charge < -0.3 is 21.1 Å². The summed E-state index contributed by atoms with van der Waals surface area (Å²) in [5.41, 5.74) is 6.68. The standard InChI is InChI=1S/C26H28F2N5O3P/c1-3-21(34)14-8-16(28)23(22(37)9-14)24-15(27)4-5-18(31-24)26(36)32-19-10-30-7-6-20(19)33-11-13(2)25(35)17(29)12-33/h4-10,13,17,25,35H,3,11-12,29,37H2,1-2H3,(H,32,36). The monoisotopic (exact) mass is 527 g/mol. The summed E-state index contributed by atoms with van der Waals surface area (Å²) >= 11 is 0. The summed E-state index contributed by atoms with van der Waals surface area (Å²) in [4.78, 5) is 35.3. The molecule has 8 nitrogen and oxygen atoms in total. The number of amides is 1. The van der Waals surface area contributed by atoms with Crippen LogP contribution in [0.2, 0.25) is 0 Å². The van der Waals surface area contributed by atoms with E-state index in [-0.39, 0.29) is 45.9 Å². The van der Waals surface area contributed by atoms with Gasteiger partial charge in [0.05, 0.1) is 23.7 Å². The maximum atomic E-state index is 15.0. The van der Waals surface area contributed by atoms with E-state index < -0.39 is 29.7 Å². The van der Waals surface area contributed by atoms with Gasteiger partial charge in [0.1, 0.15) is 23.0 Å². The number of nitrogens with two attached hydrogens (primary N) is 1. The first-order chi connectivity index (χ1) is 17.6. The quantitative estimate of drug-likeness (QED) is 0.333. The molecule has 0 radical (unpaired) electrons. The molecule has 3 aromatic rings. The highest BCUT2D eigenvalue weighted by atomic mass is 31.0. The van der Waals surface area contributed by atoms with Crippen LogP contribution < -0.4 is 21.3 Å². The Kier molecular flexibility index (Phi) is 7.92. The predicted molar refractivity (Wildman–Crippen MR) is 141 cm³/mol. The van der Waals surface area contributed by atoms with Gasteiger partial charge in [-0.25, -0.2) is 13.8 Å². The number of anilines is 2. The lowest BCUT2D eigenvalue weighted by Crippen LogP contribution is -2.55. The fraction of sp³-hybridized carbons (Fsp3) is 0.308. The molecular formula is C26H28F2N5O3P. The van der Waals surface area contributed by atoms with Crippen LogP contribution in [0.1, 0.15) is 41.1 Å². The summed E-state index contributed by atoms with van der Waals surface area (Å²) in [6, 6.07) is 6.01. The van der Waals surface area contributed by atoms with Crippen LogP contribution in [0.25, 0.3) is 11.3 Å². The Morgan fingerprint density at radius 3 is 2.65 bits per heavy atom. The van der Waals surface area contributed by atoms with Crippen LogP contribution in [0.15, 0.2) is 42.7 Å². The molecule has 3 heterocycles. The van der Waals surface area contributed by atoms with Crippen LogP contribution in [0, 0.1) is 17.6 Å². The molecule has 194 valence electrons. The van der Waals surface area contributed by atoms with E-state index in [0.29, 0.717) is 24.5 Å². The van der Waals surface area contributed by atoms with Gasteiger partial charge in [-0.1, -0.05) is 13.8 Å². The SMILES string of the molecule is CCC(=O)c1cc(F)c(-c2nc(C(=O)Nc3cnccc3N3CC(C)C(O)C(N)C3)ccc2F)c(P)c1. The molecule has 0 aliphatic carbocycles. The largest absolute Gasteiger partial charge is 0.391 e. The summed E-state index contributed by atoms with van der Waals surface area (Å²) in [5, 5.41) is 13.2. The molecule has 1 aromatic carbocycles. The van der Waals surface area contributed by atoms with Crippen LogP contribution in [0.3, 0.4) is 0 Å². The minimum absolute atomic E-state index is 0.0863. The summed E-state index contributed by atoms with van der Waals surface area (Å²) in [6.07, 6.45) is 2.62. The molecule has 0 bridgehead atoms. The molecule has 11 heteroatoms. The normalized spacial score (nSPS) is 19.5. The van der Waals surface area contributed by atoms with E-state index in [4.69, 9.17) is 5.73 Å². The van der Waals surface area contributed by atoms with Crippen molar-refractivity contribution >= 4 is 37.6 Å². The number of aliphatic hydroxyl groups is 1. The Morgan fingerprint density at radius 2 is 1.97 bits per heavy atom. The predicted octanol–water partition coefficient (Wildman–Crippen LogP) is 2.91. The number of aliphatic hydroxyl groups excluding tert-OH is 1. The topological polar surface area (TPSA) is 121 Å². The van der Waals surface area contributed by atoms with Gasteiger partial charge in [-0.15, -0.1) is 9.24 Å². The lowest BCUT2D eigenvalue weighted by molar-refractivity contribution is 0.0785. The van der Waals surface area contributed by atoms with E-state index in [9.17, 15) is 23.5 Å². The number of nitrogens with zero attached hydrogens (tertiary/aromatic N) is 3. The lowest BCUT2D eigenvalue weighted by Gasteiger charge is -2.40. The van der Waals surface area contributed by atoms with Gasteiger partial charge in [0, 0.05) is 48.8 Å². The van der Waals surface area contributed by atoms with E-state index in [0.717, 1.165) is 12.1 Å². The fourth-order valence-electron chi connectivity index (χ4n) is 4.44. The minimum Gasteiger partial charge on any atom is -0.391 e. The number of benzene rings is 1. The molecule has 4 rings (SSSR count). The summed E-state index contributed by atoms with van der Waals surface area (Å²) in [5.74, 6) is -2.61. The number of rotatable bonds is 6. The van der Waals surface area contributed by atoms with E-state index in [1.807, 2.05) is 11.8 Å². The van der Waals surface area contributed by atoms with Gasteiger partial charge in [0.25, 0.3) is 5.91 Å². The van der Waals surface area contributed by atoms with Gasteiger partial charge in [0.15, 0.2) is 5.78 Å². The van der Waals surface area contributed by atoms with Crippen molar-refractivity contribution < 1.29 is 23.5 Å².